The maximum Gasteiger partial charge on any atom is 0.241 e. The summed E-state index contributed by atoms with van der Waals surface area (Å²) in [6.07, 6.45) is 0.923. The zero-order chi connectivity index (χ0) is 15.6. The summed E-state index contributed by atoms with van der Waals surface area (Å²) in [6.45, 7) is 10.3. The first-order chi connectivity index (χ1) is 9.13. The molecule has 5 heteroatoms. The molecule has 0 atom stereocenters. The third kappa shape index (κ3) is 3.96. The van der Waals surface area contributed by atoms with E-state index in [9.17, 15) is 8.42 Å². The zero-order valence-electron chi connectivity index (χ0n) is 13.3. The first kappa shape index (κ1) is 17.0. The lowest BCUT2D eigenvalue weighted by Crippen LogP contribution is -2.34. The highest BCUT2D eigenvalue weighted by Gasteiger charge is 2.23. The van der Waals surface area contributed by atoms with Crippen LogP contribution >= 0.6 is 0 Å². The predicted molar refractivity (Wildman–Crippen MR) is 84.7 cm³/mol. The van der Waals surface area contributed by atoms with Crippen LogP contribution in [0.15, 0.2) is 17.0 Å². The van der Waals surface area contributed by atoms with Crippen LogP contribution < -0.4 is 10.0 Å². The monoisotopic (exact) mass is 298 g/mol. The van der Waals surface area contributed by atoms with Crippen molar-refractivity contribution in [3.8, 4) is 0 Å². The van der Waals surface area contributed by atoms with Crippen molar-refractivity contribution in [1.82, 2.24) is 4.72 Å². The van der Waals surface area contributed by atoms with Crippen LogP contribution in [0.4, 0.5) is 5.69 Å². The third-order valence-electron chi connectivity index (χ3n) is 3.72. The zero-order valence-corrected chi connectivity index (χ0v) is 14.1. The van der Waals surface area contributed by atoms with Gasteiger partial charge in [-0.1, -0.05) is 20.8 Å². The molecule has 0 aliphatic rings. The summed E-state index contributed by atoms with van der Waals surface area (Å²) < 4.78 is 27.7. The summed E-state index contributed by atoms with van der Waals surface area (Å²) in [5, 5.41) is 3.04. The van der Waals surface area contributed by atoms with Crippen molar-refractivity contribution in [2.24, 2.45) is 5.41 Å². The van der Waals surface area contributed by atoms with Gasteiger partial charge in [0.2, 0.25) is 10.0 Å². The maximum absolute atomic E-state index is 12.5. The van der Waals surface area contributed by atoms with E-state index in [0.29, 0.717) is 11.4 Å². The molecule has 0 heterocycles. The molecule has 4 nitrogen and oxygen atoms in total. The summed E-state index contributed by atoms with van der Waals surface area (Å²) in [7, 11) is -1.64. The Labute approximate surface area is 123 Å². The molecule has 0 bridgehead atoms. The van der Waals surface area contributed by atoms with Crippen molar-refractivity contribution in [3.63, 3.8) is 0 Å². The normalized spacial score (nSPS) is 12.5. The Kier molecular flexibility index (Phi) is 5.21. The molecule has 0 saturated carbocycles. The minimum atomic E-state index is -3.47. The average molecular weight is 298 g/mol. The van der Waals surface area contributed by atoms with Crippen LogP contribution in [0.1, 0.15) is 38.3 Å². The lowest BCUT2D eigenvalue weighted by Gasteiger charge is -2.23. The molecular weight excluding hydrogens is 272 g/mol. The van der Waals surface area contributed by atoms with Crippen LogP contribution in [0.2, 0.25) is 0 Å². The number of aryl methyl sites for hydroxylation is 2. The van der Waals surface area contributed by atoms with E-state index >= 15 is 0 Å². The van der Waals surface area contributed by atoms with Gasteiger partial charge in [0, 0.05) is 19.3 Å². The Balaban J connectivity index is 3.11. The molecule has 1 rings (SSSR count). The highest BCUT2D eigenvalue weighted by atomic mass is 32.2. The van der Waals surface area contributed by atoms with Gasteiger partial charge in [0.1, 0.15) is 0 Å². The van der Waals surface area contributed by atoms with Crippen molar-refractivity contribution in [3.05, 3.63) is 23.3 Å². The van der Waals surface area contributed by atoms with E-state index in [0.717, 1.165) is 23.2 Å². The molecule has 0 amide bonds. The van der Waals surface area contributed by atoms with E-state index in [1.165, 1.54) is 0 Å². The fraction of sp³-hybridized carbons (Fsp3) is 0.600. The second-order valence-corrected chi connectivity index (χ2v) is 7.74. The van der Waals surface area contributed by atoms with Gasteiger partial charge in [-0.2, -0.15) is 0 Å². The lowest BCUT2D eigenvalue weighted by atomic mass is 9.91. The second-order valence-electron chi connectivity index (χ2n) is 6.03. The number of rotatable bonds is 6. The number of anilines is 1. The van der Waals surface area contributed by atoms with Gasteiger partial charge in [-0.3, -0.25) is 0 Å². The quantitative estimate of drug-likeness (QED) is 0.848. The molecule has 1 aromatic carbocycles. The molecule has 0 saturated heterocycles. The molecule has 0 fully saturated rings. The molecule has 0 spiro atoms. The number of nitrogens with one attached hydrogen (secondary N) is 2. The second kappa shape index (κ2) is 6.14. The van der Waals surface area contributed by atoms with Gasteiger partial charge < -0.3 is 5.32 Å². The predicted octanol–water partition coefficient (Wildman–Crippen LogP) is 3.06. The number of hydrogen-bond donors (Lipinski definition) is 2. The molecular formula is C15H26N2O2S. The standard InChI is InChI=1S/C15H26N2O2S/c1-7-15(4,5)10-17-20(18,19)14-11(2)8-13(16-6)9-12(14)3/h8-9,16-17H,7,10H2,1-6H3. The molecule has 2 N–H and O–H groups in total. The molecule has 0 aliphatic carbocycles. The fourth-order valence-electron chi connectivity index (χ4n) is 2.01. The highest BCUT2D eigenvalue weighted by Crippen LogP contribution is 2.25. The van der Waals surface area contributed by atoms with E-state index in [4.69, 9.17) is 0 Å². The van der Waals surface area contributed by atoms with Crippen molar-refractivity contribution in [2.45, 2.75) is 45.9 Å². The van der Waals surface area contributed by atoms with E-state index in [1.807, 2.05) is 33.0 Å². The third-order valence-corrected chi connectivity index (χ3v) is 5.42. The molecule has 0 radical (unpaired) electrons. The van der Waals surface area contributed by atoms with Crippen LogP contribution in [0.5, 0.6) is 0 Å². The van der Waals surface area contributed by atoms with Gasteiger partial charge in [-0.15, -0.1) is 0 Å². The molecule has 1 aromatic rings. The molecule has 0 aliphatic heterocycles. The van der Waals surface area contributed by atoms with Crippen molar-refractivity contribution >= 4 is 15.7 Å². The largest absolute Gasteiger partial charge is 0.388 e. The Morgan fingerprint density at radius 2 is 1.65 bits per heavy atom. The Hall–Kier alpha value is -1.07. The summed E-state index contributed by atoms with van der Waals surface area (Å²) in [5.74, 6) is 0. The van der Waals surface area contributed by atoms with Gasteiger partial charge in [-0.05, 0) is 48.9 Å². The van der Waals surface area contributed by atoms with E-state index in [-0.39, 0.29) is 5.41 Å². The highest BCUT2D eigenvalue weighted by molar-refractivity contribution is 7.89. The summed E-state index contributed by atoms with van der Waals surface area (Å²) in [4.78, 5) is 0.392. The average Bonchev–Trinajstić information content (AvgIpc) is 2.35. The first-order valence-corrected chi connectivity index (χ1v) is 8.40. The van der Waals surface area contributed by atoms with Crippen LogP contribution in [0, 0.1) is 19.3 Å². The summed E-state index contributed by atoms with van der Waals surface area (Å²) in [6, 6.07) is 3.71. The van der Waals surface area contributed by atoms with Crippen LogP contribution in [0.3, 0.4) is 0 Å². The van der Waals surface area contributed by atoms with E-state index in [1.54, 1.807) is 0 Å². The van der Waals surface area contributed by atoms with Gasteiger partial charge in [0.25, 0.3) is 0 Å². The Bertz CT molecular complexity index is 555. The number of sulfonamides is 1. The summed E-state index contributed by atoms with van der Waals surface area (Å²) >= 11 is 0. The Morgan fingerprint density at radius 3 is 2.05 bits per heavy atom. The molecule has 20 heavy (non-hydrogen) atoms. The molecule has 0 unspecified atom stereocenters. The fourth-order valence-corrected chi connectivity index (χ4v) is 3.70. The Morgan fingerprint density at radius 1 is 1.15 bits per heavy atom. The van der Waals surface area contributed by atoms with Crippen molar-refractivity contribution in [1.29, 1.82) is 0 Å². The SMILES string of the molecule is CCC(C)(C)CNS(=O)(=O)c1c(C)cc(NC)cc1C. The lowest BCUT2D eigenvalue weighted by molar-refractivity contribution is 0.350. The minimum Gasteiger partial charge on any atom is -0.388 e. The number of hydrogen-bond acceptors (Lipinski definition) is 3. The molecule has 0 aromatic heterocycles. The van der Waals surface area contributed by atoms with Crippen LogP contribution in [0.25, 0.3) is 0 Å². The first-order valence-electron chi connectivity index (χ1n) is 6.91. The van der Waals surface area contributed by atoms with Crippen LogP contribution in [-0.2, 0) is 10.0 Å². The number of benzene rings is 1. The van der Waals surface area contributed by atoms with Gasteiger partial charge in [0.05, 0.1) is 4.90 Å². The van der Waals surface area contributed by atoms with E-state index in [2.05, 4.69) is 30.8 Å². The maximum atomic E-state index is 12.5. The van der Waals surface area contributed by atoms with Crippen LogP contribution in [-0.4, -0.2) is 22.0 Å². The van der Waals surface area contributed by atoms with Crippen molar-refractivity contribution in [2.75, 3.05) is 18.9 Å². The van der Waals surface area contributed by atoms with Gasteiger partial charge in [-0.25, -0.2) is 13.1 Å². The topological polar surface area (TPSA) is 58.2 Å². The van der Waals surface area contributed by atoms with Gasteiger partial charge in [0.15, 0.2) is 0 Å². The van der Waals surface area contributed by atoms with Gasteiger partial charge >= 0.3 is 0 Å². The van der Waals surface area contributed by atoms with E-state index < -0.39 is 10.0 Å². The molecule has 114 valence electrons. The summed E-state index contributed by atoms with van der Waals surface area (Å²) in [5.41, 5.74) is 2.40. The minimum absolute atomic E-state index is 0.0419. The smallest absolute Gasteiger partial charge is 0.241 e. The van der Waals surface area contributed by atoms with Crippen molar-refractivity contribution < 1.29 is 8.42 Å².